The van der Waals surface area contributed by atoms with Crippen LogP contribution in [0.5, 0.6) is 0 Å². The normalized spacial score (nSPS) is 20.1. The molecule has 2 aromatic rings. The summed E-state index contributed by atoms with van der Waals surface area (Å²) in [5.74, 6) is -3.71. The van der Waals surface area contributed by atoms with Gasteiger partial charge in [0.25, 0.3) is 5.91 Å². The van der Waals surface area contributed by atoms with Crippen molar-refractivity contribution in [2.75, 3.05) is 11.9 Å². The Balaban J connectivity index is 1.93. The average Bonchev–Trinajstić information content (AvgIpc) is 3.21. The van der Waals surface area contributed by atoms with E-state index in [1.807, 2.05) is 6.07 Å². The zero-order valence-electron chi connectivity index (χ0n) is 18.7. The largest absolute Gasteiger partial charge is 0.465 e. The van der Waals surface area contributed by atoms with Crippen molar-refractivity contribution in [1.82, 2.24) is 14.7 Å². The lowest BCUT2D eigenvalue weighted by atomic mass is 9.80. The van der Waals surface area contributed by atoms with Crippen molar-refractivity contribution in [2.24, 2.45) is 17.6 Å². The number of primary amides is 1. The molecule has 188 valence electrons. The van der Waals surface area contributed by atoms with Gasteiger partial charge in [0.2, 0.25) is 0 Å². The van der Waals surface area contributed by atoms with E-state index >= 15 is 0 Å². The first kappa shape index (κ1) is 25.8. The third-order valence-electron chi connectivity index (χ3n) is 6.31. The van der Waals surface area contributed by atoms with Gasteiger partial charge >= 0.3 is 12.3 Å². The van der Waals surface area contributed by atoms with E-state index in [1.54, 1.807) is 0 Å². The number of halogens is 4. The van der Waals surface area contributed by atoms with Gasteiger partial charge in [-0.1, -0.05) is 6.92 Å². The molecule has 4 N–H and O–H groups in total. The molecule has 0 radical (unpaired) electrons. The van der Waals surface area contributed by atoms with E-state index in [1.165, 1.54) is 35.1 Å². The molecule has 1 aromatic carbocycles. The van der Waals surface area contributed by atoms with Crippen LogP contribution >= 0.6 is 0 Å². The number of alkyl halides is 3. The van der Waals surface area contributed by atoms with Crippen LogP contribution in [0.2, 0.25) is 0 Å². The molecule has 0 aliphatic carbocycles. The first-order valence-corrected chi connectivity index (χ1v) is 10.8. The molecule has 0 bridgehead atoms. The number of rotatable bonds is 7. The Bertz CT molecular complexity index is 1110. The molecule has 9 nitrogen and oxygen atoms in total. The van der Waals surface area contributed by atoms with Gasteiger partial charge < -0.3 is 21.1 Å². The first-order chi connectivity index (χ1) is 16.4. The van der Waals surface area contributed by atoms with E-state index in [0.29, 0.717) is 5.69 Å². The van der Waals surface area contributed by atoms with Gasteiger partial charge in [-0.2, -0.15) is 23.5 Å². The number of benzene rings is 1. The lowest BCUT2D eigenvalue weighted by Crippen LogP contribution is -2.52. The summed E-state index contributed by atoms with van der Waals surface area (Å²) >= 11 is 0. The molecule has 4 atom stereocenters. The van der Waals surface area contributed by atoms with Crippen LogP contribution in [0, 0.1) is 29.0 Å². The van der Waals surface area contributed by atoms with E-state index < -0.39 is 47.9 Å². The minimum atomic E-state index is -4.61. The second-order valence-corrected chi connectivity index (χ2v) is 8.46. The molecular formula is C22H24F4N6O3. The Kier molecular flexibility index (Phi) is 7.52. The predicted molar refractivity (Wildman–Crippen MR) is 116 cm³/mol. The lowest BCUT2D eigenvalue weighted by Gasteiger charge is -2.43. The number of carboxylic acid groups (broad SMARTS) is 1. The molecule has 1 fully saturated rings. The van der Waals surface area contributed by atoms with E-state index in [9.17, 15) is 37.5 Å². The van der Waals surface area contributed by atoms with Crippen molar-refractivity contribution in [2.45, 2.75) is 44.4 Å². The molecule has 0 saturated carbocycles. The number of carbonyl (C=O) groups excluding carboxylic acids is 1. The Morgan fingerprint density at radius 1 is 1.34 bits per heavy atom. The maximum absolute atomic E-state index is 13.5. The highest BCUT2D eigenvalue weighted by Gasteiger charge is 2.48. The van der Waals surface area contributed by atoms with Crippen LogP contribution in [0.25, 0.3) is 0 Å². The Morgan fingerprint density at radius 2 is 2.00 bits per heavy atom. The SMILES string of the molecule is CC(C1CC(C(CC#N)n2cc(C(N)=O)c(Nc3ccc(F)cc3)n2)CCN1C(=O)O)C(F)(F)F. The summed E-state index contributed by atoms with van der Waals surface area (Å²) in [7, 11) is 0. The number of nitrogens with zero attached hydrogens (tertiary/aromatic N) is 4. The van der Waals surface area contributed by atoms with Crippen molar-refractivity contribution in [1.29, 1.82) is 5.26 Å². The summed E-state index contributed by atoms with van der Waals surface area (Å²) in [5.41, 5.74) is 5.85. The van der Waals surface area contributed by atoms with E-state index in [0.717, 1.165) is 11.8 Å². The Labute approximate surface area is 198 Å². The fourth-order valence-corrected chi connectivity index (χ4v) is 4.38. The van der Waals surface area contributed by atoms with Gasteiger partial charge in [0.15, 0.2) is 5.82 Å². The molecule has 4 unspecified atom stereocenters. The Hall–Kier alpha value is -3.82. The van der Waals surface area contributed by atoms with Crippen LogP contribution in [0.4, 0.5) is 33.9 Å². The number of carbonyl (C=O) groups is 2. The van der Waals surface area contributed by atoms with Crippen LogP contribution in [0.3, 0.4) is 0 Å². The molecule has 2 heterocycles. The van der Waals surface area contributed by atoms with Crippen LogP contribution in [-0.2, 0) is 0 Å². The maximum atomic E-state index is 13.5. The minimum Gasteiger partial charge on any atom is -0.465 e. The second-order valence-electron chi connectivity index (χ2n) is 8.46. The van der Waals surface area contributed by atoms with Gasteiger partial charge in [0.1, 0.15) is 11.4 Å². The highest BCUT2D eigenvalue weighted by atomic mass is 19.4. The number of likely N-dealkylation sites (tertiary alicyclic amines) is 1. The highest BCUT2D eigenvalue weighted by molar-refractivity contribution is 5.98. The molecule has 0 spiro atoms. The number of hydrogen-bond acceptors (Lipinski definition) is 5. The van der Waals surface area contributed by atoms with Crippen LogP contribution in [0.15, 0.2) is 30.5 Å². The number of aromatic nitrogens is 2. The minimum absolute atomic E-state index is 0.0274. The molecule has 35 heavy (non-hydrogen) atoms. The molecular weight excluding hydrogens is 472 g/mol. The highest BCUT2D eigenvalue weighted by Crippen LogP contribution is 2.41. The third-order valence-corrected chi connectivity index (χ3v) is 6.31. The van der Waals surface area contributed by atoms with Crippen LogP contribution in [-0.4, -0.2) is 50.6 Å². The van der Waals surface area contributed by atoms with E-state index in [2.05, 4.69) is 10.4 Å². The van der Waals surface area contributed by atoms with Crippen LogP contribution in [0.1, 0.15) is 42.6 Å². The van der Waals surface area contributed by atoms with Crippen molar-refractivity contribution >= 4 is 23.5 Å². The zero-order chi connectivity index (χ0) is 25.9. The lowest BCUT2D eigenvalue weighted by molar-refractivity contribution is -0.189. The van der Waals surface area contributed by atoms with Crippen molar-refractivity contribution in [3.63, 3.8) is 0 Å². The summed E-state index contributed by atoms with van der Waals surface area (Å²) in [6.45, 7) is 0.795. The van der Waals surface area contributed by atoms with E-state index in [-0.39, 0.29) is 37.2 Å². The molecule has 1 aromatic heterocycles. The fourth-order valence-electron chi connectivity index (χ4n) is 4.38. The first-order valence-electron chi connectivity index (χ1n) is 10.8. The summed E-state index contributed by atoms with van der Waals surface area (Å²) in [6.07, 6.45) is -4.83. The number of amides is 2. The number of nitrogens with one attached hydrogen (secondary N) is 1. The second kappa shape index (κ2) is 10.2. The summed E-state index contributed by atoms with van der Waals surface area (Å²) in [6, 6.07) is 5.14. The van der Waals surface area contributed by atoms with Gasteiger partial charge in [0.05, 0.1) is 24.4 Å². The standard InChI is InChI=1S/C22H24F4N6O3/c1-12(22(24,25)26)18-10-13(7-9-31(18)21(34)35)17(6-8-27)32-11-16(19(28)33)20(30-32)29-15-4-2-14(23)3-5-15/h2-5,11-13,17-18H,6-7,9-10H2,1H3,(H2,28,33)(H,29,30)(H,34,35). The van der Waals surface area contributed by atoms with Gasteiger partial charge in [-0.3, -0.25) is 9.48 Å². The van der Waals surface area contributed by atoms with Crippen LogP contribution < -0.4 is 11.1 Å². The van der Waals surface area contributed by atoms with Gasteiger partial charge in [-0.15, -0.1) is 0 Å². The maximum Gasteiger partial charge on any atom is 0.407 e. The number of nitrogens with two attached hydrogens (primary N) is 1. The number of hydrogen-bond donors (Lipinski definition) is 3. The molecule has 1 aliphatic heterocycles. The van der Waals surface area contributed by atoms with Crippen molar-refractivity contribution in [3.05, 3.63) is 41.8 Å². The summed E-state index contributed by atoms with van der Waals surface area (Å²) in [4.78, 5) is 24.4. The molecule has 13 heteroatoms. The predicted octanol–water partition coefficient (Wildman–Crippen LogP) is 4.28. The third kappa shape index (κ3) is 5.82. The molecule has 1 saturated heterocycles. The fraction of sp³-hybridized carbons (Fsp3) is 0.455. The van der Waals surface area contributed by atoms with Gasteiger partial charge in [-0.25, -0.2) is 9.18 Å². The van der Waals surface area contributed by atoms with Crippen molar-refractivity contribution < 1.29 is 32.3 Å². The van der Waals surface area contributed by atoms with Crippen molar-refractivity contribution in [3.8, 4) is 6.07 Å². The molecule has 1 aliphatic rings. The monoisotopic (exact) mass is 496 g/mol. The topological polar surface area (TPSA) is 137 Å². The summed E-state index contributed by atoms with van der Waals surface area (Å²) in [5, 5.41) is 26.0. The quantitative estimate of drug-likeness (QED) is 0.490. The summed E-state index contributed by atoms with van der Waals surface area (Å²) < 4.78 is 54.9. The average molecular weight is 496 g/mol. The molecule has 2 amide bonds. The van der Waals surface area contributed by atoms with Gasteiger partial charge in [-0.05, 0) is 43.0 Å². The Morgan fingerprint density at radius 3 is 2.54 bits per heavy atom. The molecule has 3 rings (SSSR count). The van der Waals surface area contributed by atoms with E-state index in [4.69, 9.17) is 5.73 Å². The van der Waals surface area contributed by atoms with Gasteiger partial charge in [0, 0.05) is 24.5 Å². The zero-order valence-corrected chi connectivity index (χ0v) is 18.7. The number of anilines is 2. The number of piperidine rings is 1. The smallest absolute Gasteiger partial charge is 0.407 e. The number of nitriles is 1.